The Balaban J connectivity index is 1.92. The van der Waals surface area contributed by atoms with E-state index in [9.17, 15) is 4.21 Å². The third-order valence-electron chi connectivity index (χ3n) is 4.90. The van der Waals surface area contributed by atoms with E-state index in [1.165, 1.54) is 11.1 Å². The van der Waals surface area contributed by atoms with Crippen molar-refractivity contribution in [3.63, 3.8) is 0 Å². The number of hydrogen-bond acceptors (Lipinski definition) is 4. The molecule has 2 aromatic carbocycles. The normalized spacial score (nSPS) is 12.2. The van der Waals surface area contributed by atoms with E-state index < -0.39 is 10.8 Å². The average Bonchev–Trinajstić information content (AvgIpc) is 3.12. The third kappa shape index (κ3) is 4.27. The molecule has 0 aliphatic carbocycles. The number of aryl methyl sites for hydroxylation is 4. The molecule has 30 heavy (non-hydrogen) atoms. The van der Waals surface area contributed by atoms with Crippen molar-refractivity contribution in [2.75, 3.05) is 6.26 Å². The van der Waals surface area contributed by atoms with Crippen molar-refractivity contribution in [3.05, 3.63) is 77.1 Å². The van der Waals surface area contributed by atoms with E-state index in [1.807, 2.05) is 38.1 Å². The zero-order valence-corrected chi connectivity index (χ0v) is 19.4. The minimum atomic E-state index is -0.987. The molecule has 4 aromatic rings. The van der Waals surface area contributed by atoms with Crippen molar-refractivity contribution in [2.24, 2.45) is 0 Å². The van der Waals surface area contributed by atoms with Gasteiger partial charge in [0.2, 0.25) is 0 Å². The highest BCUT2D eigenvalue weighted by molar-refractivity contribution is 7.84. The molecule has 5 heteroatoms. The van der Waals surface area contributed by atoms with E-state index in [2.05, 4.69) is 49.2 Å². The van der Waals surface area contributed by atoms with Crippen LogP contribution in [0.3, 0.4) is 0 Å². The summed E-state index contributed by atoms with van der Waals surface area (Å²) in [6, 6.07) is 18.7. The molecule has 152 valence electrons. The summed E-state index contributed by atoms with van der Waals surface area (Å²) in [5.74, 6) is 0. The highest BCUT2D eigenvalue weighted by Gasteiger charge is 2.17. The topological polar surface area (TPSA) is 42.9 Å². The predicted molar refractivity (Wildman–Crippen MR) is 127 cm³/mol. The van der Waals surface area contributed by atoms with Crippen LogP contribution in [0.15, 0.2) is 59.5 Å². The van der Waals surface area contributed by atoms with Gasteiger partial charge in [-0.2, -0.15) is 0 Å². The number of pyridine rings is 1. The first-order valence-corrected chi connectivity index (χ1v) is 12.2. The van der Waals surface area contributed by atoms with Gasteiger partial charge in [-0.15, -0.1) is 11.3 Å². The van der Waals surface area contributed by atoms with Crippen LogP contribution in [0.1, 0.15) is 22.5 Å². The maximum Gasteiger partial charge on any atom is 0.124 e. The van der Waals surface area contributed by atoms with Gasteiger partial charge in [-0.3, -0.25) is 9.19 Å². The third-order valence-corrected chi connectivity index (χ3v) is 6.99. The van der Waals surface area contributed by atoms with Gasteiger partial charge in [0.15, 0.2) is 0 Å². The highest BCUT2D eigenvalue weighted by Crippen LogP contribution is 2.41. The summed E-state index contributed by atoms with van der Waals surface area (Å²) in [7, 11) is -0.987. The van der Waals surface area contributed by atoms with Crippen molar-refractivity contribution in [1.82, 2.24) is 9.97 Å². The minimum Gasteiger partial charge on any atom is -0.258 e. The lowest BCUT2D eigenvalue weighted by Gasteiger charge is -2.07. The molecule has 1 unspecified atom stereocenters. The lowest BCUT2D eigenvalue weighted by Crippen LogP contribution is -1.90. The van der Waals surface area contributed by atoms with Crippen LogP contribution in [0.25, 0.3) is 32.3 Å². The van der Waals surface area contributed by atoms with Gasteiger partial charge in [0, 0.05) is 44.5 Å². The molecule has 3 nitrogen and oxygen atoms in total. The Morgan fingerprint density at radius 3 is 1.90 bits per heavy atom. The van der Waals surface area contributed by atoms with Crippen LogP contribution in [0.2, 0.25) is 0 Å². The number of thiazole rings is 1. The second kappa shape index (κ2) is 8.25. The molecule has 2 heterocycles. The van der Waals surface area contributed by atoms with Crippen LogP contribution in [-0.4, -0.2) is 20.4 Å². The highest BCUT2D eigenvalue weighted by atomic mass is 32.2. The molecule has 0 saturated carbocycles. The van der Waals surface area contributed by atoms with E-state index in [4.69, 9.17) is 4.98 Å². The number of aromatic nitrogens is 2. The zero-order chi connectivity index (χ0) is 21.4. The maximum atomic E-state index is 11.7. The molecule has 0 aliphatic rings. The Bertz CT molecular complexity index is 1150. The molecular formula is C25H24N2OS2. The van der Waals surface area contributed by atoms with E-state index in [0.29, 0.717) is 0 Å². The summed E-state index contributed by atoms with van der Waals surface area (Å²) in [6.07, 6.45) is 1.70. The lowest BCUT2D eigenvalue weighted by atomic mass is 10.0. The SMILES string of the molecule is Cc1cc(C)cc(-c2nc(-c3ccc(S(C)=O)cc3)sc2-c2cc(C)nc(C)c2)c1. The van der Waals surface area contributed by atoms with Gasteiger partial charge in [-0.05, 0) is 69.7 Å². The molecule has 2 aromatic heterocycles. The monoisotopic (exact) mass is 432 g/mol. The molecule has 4 rings (SSSR count). The van der Waals surface area contributed by atoms with Crippen molar-refractivity contribution >= 4 is 22.1 Å². The summed E-state index contributed by atoms with van der Waals surface area (Å²) in [4.78, 5) is 11.6. The van der Waals surface area contributed by atoms with Crippen LogP contribution in [0.4, 0.5) is 0 Å². The quantitative estimate of drug-likeness (QED) is 0.369. The van der Waals surface area contributed by atoms with Crippen LogP contribution in [0.5, 0.6) is 0 Å². The molecule has 0 aliphatic heterocycles. The smallest absolute Gasteiger partial charge is 0.124 e. The minimum absolute atomic E-state index is 0.824. The van der Waals surface area contributed by atoms with E-state index >= 15 is 0 Å². The maximum absolute atomic E-state index is 11.7. The molecule has 0 spiro atoms. The van der Waals surface area contributed by atoms with Gasteiger partial charge in [-0.1, -0.05) is 29.3 Å². The largest absolute Gasteiger partial charge is 0.258 e. The molecule has 0 fully saturated rings. The number of hydrogen-bond donors (Lipinski definition) is 0. The van der Waals surface area contributed by atoms with Crippen LogP contribution in [-0.2, 0) is 10.8 Å². The molecule has 1 atom stereocenters. The fourth-order valence-electron chi connectivity index (χ4n) is 3.70. The summed E-state index contributed by atoms with van der Waals surface area (Å²) >= 11 is 1.69. The lowest BCUT2D eigenvalue weighted by molar-refractivity contribution is 0.687. The fraction of sp³-hybridized carbons (Fsp3) is 0.200. The van der Waals surface area contributed by atoms with Crippen LogP contribution in [0, 0.1) is 27.7 Å². The van der Waals surface area contributed by atoms with Gasteiger partial charge >= 0.3 is 0 Å². The Kier molecular flexibility index (Phi) is 5.67. The molecule has 0 N–H and O–H groups in total. The summed E-state index contributed by atoms with van der Waals surface area (Å²) in [5.41, 5.74) is 8.75. The standard InChI is InChI=1S/C25H24N2OS2/c1-15-10-16(2)12-20(11-15)23-24(21-13-17(3)26-18(4)14-21)29-25(27-23)19-6-8-22(9-7-19)30(5)28/h6-14H,1-5H3. The Hall–Kier alpha value is -2.63. The Morgan fingerprint density at radius 1 is 0.733 bits per heavy atom. The average molecular weight is 433 g/mol. The van der Waals surface area contributed by atoms with Crippen molar-refractivity contribution in [3.8, 4) is 32.3 Å². The zero-order valence-electron chi connectivity index (χ0n) is 17.8. The molecule has 0 radical (unpaired) electrons. The summed E-state index contributed by atoms with van der Waals surface area (Å²) in [6.45, 7) is 8.29. The van der Waals surface area contributed by atoms with Crippen molar-refractivity contribution in [2.45, 2.75) is 32.6 Å². The van der Waals surface area contributed by atoms with Gasteiger partial charge in [0.25, 0.3) is 0 Å². The second-order valence-corrected chi connectivity index (χ2v) is 10.1. The molecular weight excluding hydrogens is 408 g/mol. The van der Waals surface area contributed by atoms with Crippen LogP contribution >= 0.6 is 11.3 Å². The van der Waals surface area contributed by atoms with Gasteiger partial charge < -0.3 is 0 Å². The van der Waals surface area contributed by atoms with Gasteiger partial charge in [0.1, 0.15) is 5.01 Å². The van der Waals surface area contributed by atoms with Crippen LogP contribution < -0.4 is 0 Å². The summed E-state index contributed by atoms with van der Waals surface area (Å²) in [5, 5.41) is 0.958. The molecule has 0 amide bonds. The number of rotatable bonds is 4. The van der Waals surface area contributed by atoms with E-state index in [1.54, 1.807) is 17.6 Å². The second-order valence-electron chi connectivity index (χ2n) is 7.69. The predicted octanol–water partition coefficient (Wildman–Crippen LogP) is 6.51. The van der Waals surface area contributed by atoms with Gasteiger partial charge in [0.05, 0.1) is 10.6 Å². The van der Waals surface area contributed by atoms with E-state index in [0.717, 1.165) is 48.6 Å². The van der Waals surface area contributed by atoms with E-state index in [-0.39, 0.29) is 0 Å². The first-order valence-electron chi connectivity index (χ1n) is 9.79. The number of benzene rings is 2. The first-order chi connectivity index (χ1) is 14.3. The number of nitrogens with zero attached hydrogens (tertiary/aromatic N) is 2. The van der Waals surface area contributed by atoms with Gasteiger partial charge in [-0.25, -0.2) is 4.98 Å². The molecule has 0 saturated heterocycles. The Labute approximate surface area is 184 Å². The first kappa shape index (κ1) is 20.6. The Morgan fingerprint density at radius 2 is 1.33 bits per heavy atom. The molecule has 0 bridgehead atoms. The van der Waals surface area contributed by atoms with Crippen molar-refractivity contribution < 1.29 is 4.21 Å². The van der Waals surface area contributed by atoms with Crippen molar-refractivity contribution in [1.29, 1.82) is 0 Å². The fourth-order valence-corrected chi connectivity index (χ4v) is 5.30. The summed E-state index contributed by atoms with van der Waals surface area (Å²) < 4.78 is 11.7.